The molecule has 1 rings (SSSR count). The summed E-state index contributed by atoms with van der Waals surface area (Å²) in [5.41, 5.74) is -0.238. The predicted octanol–water partition coefficient (Wildman–Crippen LogP) is 2.16. The molecule has 0 aliphatic carbocycles. The van der Waals surface area contributed by atoms with Gasteiger partial charge in [0.1, 0.15) is 6.10 Å². The minimum Gasteiger partial charge on any atom is -0.494 e. The zero-order valence-electron chi connectivity index (χ0n) is 10.4. The maximum absolute atomic E-state index is 14.0. The fourth-order valence-electron chi connectivity index (χ4n) is 1.46. The molecule has 19 heavy (non-hydrogen) atoms. The molecule has 0 spiro atoms. The Hall–Kier alpha value is -0.820. The molecule has 0 aliphatic rings. The number of ether oxygens (including phenoxy) is 1. The van der Waals surface area contributed by atoms with Gasteiger partial charge in [-0.25, -0.2) is 4.39 Å². The molecule has 0 aliphatic heterocycles. The average molecular weight is 309 g/mol. The van der Waals surface area contributed by atoms with E-state index in [2.05, 4.69) is 0 Å². The smallest absolute Gasteiger partial charge is 0.185 e. The zero-order valence-corrected chi connectivity index (χ0v) is 12.0. The highest BCUT2D eigenvalue weighted by molar-refractivity contribution is 8.13. The van der Waals surface area contributed by atoms with Gasteiger partial charge in [-0.3, -0.25) is 4.79 Å². The third kappa shape index (κ3) is 4.07. The summed E-state index contributed by atoms with van der Waals surface area (Å²) in [6, 6.07) is 2.69. The fraction of sp³-hybridized carbons (Fsp3) is 0.417. The summed E-state index contributed by atoms with van der Waals surface area (Å²) >= 11 is 6.66. The van der Waals surface area contributed by atoms with Gasteiger partial charge in [-0.2, -0.15) is 0 Å². The van der Waals surface area contributed by atoms with Crippen LogP contribution in [0.5, 0.6) is 5.75 Å². The second kappa shape index (κ2) is 7.09. The highest BCUT2D eigenvalue weighted by Crippen LogP contribution is 2.33. The maximum atomic E-state index is 14.0. The van der Waals surface area contributed by atoms with Crippen molar-refractivity contribution in [3.8, 4) is 5.75 Å². The molecule has 1 aromatic carbocycles. The Morgan fingerprint density at radius 1 is 1.53 bits per heavy atom. The van der Waals surface area contributed by atoms with E-state index in [1.165, 1.54) is 26.2 Å². The largest absolute Gasteiger partial charge is 0.494 e. The van der Waals surface area contributed by atoms with Crippen LogP contribution in [0.3, 0.4) is 0 Å². The first-order valence-electron chi connectivity index (χ1n) is 5.39. The van der Waals surface area contributed by atoms with Crippen molar-refractivity contribution in [3.63, 3.8) is 0 Å². The summed E-state index contributed by atoms with van der Waals surface area (Å²) in [6.45, 7) is 1.34. The highest BCUT2D eigenvalue weighted by Gasteiger charge is 2.26. The number of hydrogen-bond acceptors (Lipinski definition) is 5. The monoisotopic (exact) mass is 308 g/mol. The van der Waals surface area contributed by atoms with E-state index in [0.717, 1.165) is 11.8 Å². The van der Waals surface area contributed by atoms with E-state index in [4.69, 9.17) is 16.3 Å². The predicted molar refractivity (Wildman–Crippen MR) is 72.1 cm³/mol. The van der Waals surface area contributed by atoms with Gasteiger partial charge in [0.25, 0.3) is 0 Å². The number of aliphatic hydroxyl groups excluding tert-OH is 2. The van der Waals surface area contributed by atoms with Crippen LogP contribution in [-0.4, -0.2) is 34.3 Å². The van der Waals surface area contributed by atoms with Crippen LogP contribution in [0.15, 0.2) is 12.1 Å². The number of aliphatic hydroxyl groups is 2. The molecule has 2 atom stereocenters. The van der Waals surface area contributed by atoms with E-state index in [1.807, 2.05) is 0 Å². The van der Waals surface area contributed by atoms with E-state index < -0.39 is 18.0 Å². The Morgan fingerprint density at radius 3 is 2.68 bits per heavy atom. The first-order chi connectivity index (χ1) is 8.88. The number of rotatable bonds is 5. The van der Waals surface area contributed by atoms with Crippen LogP contribution in [0.2, 0.25) is 5.02 Å². The molecule has 2 unspecified atom stereocenters. The minimum absolute atomic E-state index is 0.0160. The van der Waals surface area contributed by atoms with Gasteiger partial charge < -0.3 is 14.9 Å². The lowest BCUT2D eigenvalue weighted by Crippen LogP contribution is -2.23. The van der Waals surface area contributed by atoms with Crippen molar-refractivity contribution in [2.75, 3.05) is 12.9 Å². The minimum atomic E-state index is -1.53. The van der Waals surface area contributed by atoms with E-state index in [1.54, 1.807) is 0 Å². The number of thioether (sulfide) groups is 1. The number of benzene rings is 1. The molecule has 0 amide bonds. The highest BCUT2D eigenvalue weighted by atomic mass is 35.5. The van der Waals surface area contributed by atoms with Gasteiger partial charge in [0.05, 0.1) is 13.2 Å². The van der Waals surface area contributed by atoms with Gasteiger partial charge in [0.15, 0.2) is 16.7 Å². The Morgan fingerprint density at radius 2 is 2.16 bits per heavy atom. The molecule has 0 aromatic heterocycles. The van der Waals surface area contributed by atoms with Gasteiger partial charge in [-0.1, -0.05) is 23.4 Å². The number of halogens is 2. The Labute approximate surface area is 119 Å². The lowest BCUT2D eigenvalue weighted by atomic mass is 10.0. The molecular formula is C12H14ClFO4S. The van der Waals surface area contributed by atoms with Crippen molar-refractivity contribution in [3.05, 3.63) is 28.5 Å². The van der Waals surface area contributed by atoms with Gasteiger partial charge in [0, 0.05) is 23.3 Å². The Bertz CT molecular complexity index is 469. The molecule has 106 valence electrons. The maximum Gasteiger partial charge on any atom is 0.185 e. The first kappa shape index (κ1) is 16.2. The number of carbonyl (C=O) groups excluding carboxylic acids is 1. The number of carbonyl (C=O) groups is 1. The summed E-state index contributed by atoms with van der Waals surface area (Å²) in [5.74, 6) is -0.956. The van der Waals surface area contributed by atoms with Crippen LogP contribution >= 0.6 is 23.4 Å². The molecule has 2 N–H and O–H groups in total. The first-order valence-corrected chi connectivity index (χ1v) is 6.76. The standard InChI is InChI=1S/C12H14ClFO4S/c1-6(15)19-5-8(16)12(17)10-7(13)3-4-9(18-2)11(10)14/h3-4,8,12,16-17H,5H2,1-2H3. The topological polar surface area (TPSA) is 66.8 Å². The average Bonchev–Trinajstić information content (AvgIpc) is 2.36. The normalized spacial score (nSPS) is 14.0. The van der Waals surface area contributed by atoms with Crippen LogP contribution < -0.4 is 4.74 Å². The van der Waals surface area contributed by atoms with Crippen molar-refractivity contribution in [1.82, 2.24) is 0 Å². The van der Waals surface area contributed by atoms with E-state index in [-0.39, 0.29) is 27.2 Å². The molecule has 0 saturated heterocycles. The van der Waals surface area contributed by atoms with Crippen molar-refractivity contribution in [2.45, 2.75) is 19.1 Å². The summed E-state index contributed by atoms with van der Waals surface area (Å²) < 4.78 is 18.8. The third-order valence-corrected chi connectivity index (χ3v) is 3.67. The van der Waals surface area contributed by atoms with E-state index in [0.29, 0.717) is 0 Å². The van der Waals surface area contributed by atoms with Crippen molar-refractivity contribution < 1.29 is 24.1 Å². The molecule has 0 saturated carbocycles. The van der Waals surface area contributed by atoms with Crippen molar-refractivity contribution in [1.29, 1.82) is 0 Å². The summed E-state index contributed by atoms with van der Waals surface area (Å²) in [7, 11) is 1.28. The molecule has 0 fully saturated rings. The second-order valence-corrected chi connectivity index (χ2v) is 5.40. The molecule has 0 heterocycles. The summed E-state index contributed by atoms with van der Waals surface area (Å²) in [4.78, 5) is 10.8. The lowest BCUT2D eigenvalue weighted by molar-refractivity contribution is -0.109. The van der Waals surface area contributed by atoms with Crippen LogP contribution in [-0.2, 0) is 4.79 Å². The zero-order chi connectivity index (χ0) is 14.6. The van der Waals surface area contributed by atoms with Gasteiger partial charge in [-0.05, 0) is 12.1 Å². The molecule has 1 aromatic rings. The van der Waals surface area contributed by atoms with E-state index in [9.17, 15) is 19.4 Å². The van der Waals surface area contributed by atoms with Crippen LogP contribution in [0.25, 0.3) is 0 Å². The molecule has 7 heteroatoms. The van der Waals surface area contributed by atoms with Crippen LogP contribution in [0, 0.1) is 5.82 Å². The quantitative estimate of drug-likeness (QED) is 0.872. The summed E-state index contributed by atoms with van der Waals surface area (Å²) in [6.07, 6.45) is -2.84. The summed E-state index contributed by atoms with van der Waals surface area (Å²) in [5, 5.41) is 19.5. The third-order valence-electron chi connectivity index (χ3n) is 2.43. The molecule has 0 bridgehead atoms. The van der Waals surface area contributed by atoms with Gasteiger partial charge in [-0.15, -0.1) is 0 Å². The number of hydrogen-bond donors (Lipinski definition) is 2. The Kier molecular flexibility index (Phi) is 6.06. The van der Waals surface area contributed by atoms with Gasteiger partial charge >= 0.3 is 0 Å². The number of methoxy groups -OCH3 is 1. The van der Waals surface area contributed by atoms with Crippen molar-refractivity contribution in [2.24, 2.45) is 0 Å². The molecule has 4 nitrogen and oxygen atoms in total. The van der Waals surface area contributed by atoms with E-state index >= 15 is 0 Å². The fourth-order valence-corrected chi connectivity index (χ4v) is 2.31. The molecular weight excluding hydrogens is 295 g/mol. The van der Waals surface area contributed by atoms with Crippen molar-refractivity contribution >= 4 is 28.5 Å². The van der Waals surface area contributed by atoms with Gasteiger partial charge in [0.2, 0.25) is 0 Å². The SMILES string of the molecule is COc1ccc(Cl)c(C(O)C(O)CSC(C)=O)c1F. The van der Waals surface area contributed by atoms with Crippen LogP contribution in [0.4, 0.5) is 4.39 Å². The Balaban J connectivity index is 2.98. The molecule has 0 radical (unpaired) electrons. The van der Waals surface area contributed by atoms with Crippen LogP contribution in [0.1, 0.15) is 18.6 Å². The second-order valence-electron chi connectivity index (χ2n) is 3.79. The lowest BCUT2D eigenvalue weighted by Gasteiger charge is -2.20.